The minimum Gasteiger partial charge on any atom is -0.476 e. The van der Waals surface area contributed by atoms with Crippen molar-refractivity contribution in [3.8, 4) is 17.3 Å². The van der Waals surface area contributed by atoms with Crippen LogP contribution in [-0.2, 0) is 6.54 Å². The molecule has 0 bridgehead atoms. The summed E-state index contributed by atoms with van der Waals surface area (Å²) in [4.78, 5) is 11.8. The predicted octanol–water partition coefficient (Wildman–Crippen LogP) is 5.17. The van der Waals surface area contributed by atoms with E-state index in [1.165, 1.54) is 4.68 Å². The summed E-state index contributed by atoms with van der Waals surface area (Å²) in [6, 6.07) is 13.8. The molecule has 2 N–H and O–H groups in total. The molecule has 0 radical (unpaired) electrons. The topological polar surface area (TPSA) is 76.4 Å². The first-order valence-corrected chi connectivity index (χ1v) is 9.51. The minimum atomic E-state index is -1.14. The first kappa shape index (κ1) is 20.2. The molecule has 0 amide bonds. The molecule has 1 aromatic heterocycles. The number of para-hydroxylation sites is 1. The highest BCUT2D eigenvalue weighted by Crippen LogP contribution is 2.33. The van der Waals surface area contributed by atoms with E-state index in [1.807, 2.05) is 6.92 Å². The van der Waals surface area contributed by atoms with Crippen LogP contribution in [-0.4, -0.2) is 27.4 Å². The fourth-order valence-electron chi connectivity index (χ4n) is 2.66. The van der Waals surface area contributed by atoms with Crippen LogP contribution in [0.15, 0.2) is 48.5 Å². The molecule has 0 spiro atoms. The van der Waals surface area contributed by atoms with Gasteiger partial charge in [0.25, 0.3) is 0 Å². The molecule has 0 aliphatic carbocycles. The van der Waals surface area contributed by atoms with Crippen LogP contribution in [0, 0.1) is 0 Å². The Hall–Kier alpha value is -2.54. The third kappa shape index (κ3) is 4.47. The number of aromatic carboxylic acids is 1. The van der Waals surface area contributed by atoms with Gasteiger partial charge in [0.1, 0.15) is 5.75 Å². The van der Waals surface area contributed by atoms with E-state index in [9.17, 15) is 9.90 Å². The van der Waals surface area contributed by atoms with E-state index in [-0.39, 0.29) is 11.6 Å². The van der Waals surface area contributed by atoms with E-state index in [0.29, 0.717) is 33.6 Å². The number of hydrogen-bond acceptors (Lipinski definition) is 4. The highest BCUT2D eigenvalue weighted by molar-refractivity contribution is 6.32. The average molecular weight is 420 g/mol. The molecule has 1 heterocycles. The maximum absolute atomic E-state index is 11.8. The Morgan fingerprint density at radius 3 is 2.54 bits per heavy atom. The maximum Gasteiger partial charge on any atom is 0.356 e. The van der Waals surface area contributed by atoms with Gasteiger partial charge in [0.2, 0.25) is 5.88 Å². The summed E-state index contributed by atoms with van der Waals surface area (Å²) in [6.07, 6.45) is 0.911. The lowest BCUT2D eigenvalue weighted by Gasteiger charge is -2.12. The number of ether oxygens (including phenoxy) is 1. The Kier molecular flexibility index (Phi) is 6.57. The van der Waals surface area contributed by atoms with Gasteiger partial charge in [0.15, 0.2) is 5.69 Å². The van der Waals surface area contributed by atoms with Crippen molar-refractivity contribution < 1.29 is 14.6 Å². The number of benzene rings is 2. The molecule has 2 aromatic carbocycles. The quantitative estimate of drug-likeness (QED) is 0.492. The highest BCUT2D eigenvalue weighted by Gasteiger charge is 2.26. The van der Waals surface area contributed by atoms with Gasteiger partial charge in [0, 0.05) is 11.6 Å². The van der Waals surface area contributed by atoms with Gasteiger partial charge in [-0.25, -0.2) is 4.79 Å². The van der Waals surface area contributed by atoms with Gasteiger partial charge in [-0.2, -0.15) is 9.78 Å². The molecular weight excluding hydrogens is 401 g/mol. The van der Waals surface area contributed by atoms with E-state index in [2.05, 4.69) is 10.4 Å². The number of carbonyl (C=O) groups is 1. The van der Waals surface area contributed by atoms with Crippen molar-refractivity contribution in [3.63, 3.8) is 0 Å². The first-order chi connectivity index (χ1) is 13.5. The number of nitrogens with one attached hydrogen (secondary N) is 1. The summed E-state index contributed by atoms with van der Waals surface area (Å²) in [7, 11) is 0. The molecule has 3 rings (SSSR count). The fourth-order valence-corrected chi connectivity index (χ4v) is 3.00. The Morgan fingerprint density at radius 1 is 1.18 bits per heavy atom. The largest absolute Gasteiger partial charge is 0.476 e. The van der Waals surface area contributed by atoms with Gasteiger partial charge < -0.3 is 15.2 Å². The van der Waals surface area contributed by atoms with Gasteiger partial charge >= 0.3 is 5.97 Å². The molecule has 0 unspecified atom stereocenters. The third-order valence-corrected chi connectivity index (χ3v) is 4.55. The molecular formula is C20H19Cl2N3O3. The Morgan fingerprint density at radius 2 is 1.89 bits per heavy atom. The molecule has 6 nitrogen and oxygen atoms in total. The lowest BCUT2D eigenvalue weighted by molar-refractivity contribution is 0.0688. The molecule has 0 saturated carbocycles. The molecule has 146 valence electrons. The van der Waals surface area contributed by atoms with Crippen LogP contribution in [0.2, 0.25) is 10.0 Å². The van der Waals surface area contributed by atoms with E-state index >= 15 is 0 Å². The van der Waals surface area contributed by atoms with Crippen molar-refractivity contribution in [2.75, 3.05) is 6.54 Å². The van der Waals surface area contributed by atoms with Crippen molar-refractivity contribution in [1.82, 2.24) is 15.1 Å². The van der Waals surface area contributed by atoms with E-state index < -0.39 is 5.97 Å². The van der Waals surface area contributed by atoms with Crippen molar-refractivity contribution in [2.24, 2.45) is 0 Å². The van der Waals surface area contributed by atoms with E-state index in [1.54, 1.807) is 48.5 Å². The molecule has 0 aliphatic heterocycles. The number of rotatable bonds is 8. The highest BCUT2D eigenvalue weighted by atomic mass is 35.5. The molecule has 0 atom stereocenters. The summed E-state index contributed by atoms with van der Waals surface area (Å²) in [5.41, 5.74) is 0.876. The summed E-state index contributed by atoms with van der Waals surface area (Å²) in [6.45, 7) is 3.06. The van der Waals surface area contributed by atoms with E-state index in [4.69, 9.17) is 27.9 Å². The van der Waals surface area contributed by atoms with Crippen LogP contribution in [0.4, 0.5) is 0 Å². The number of nitrogens with zero attached hydrogens (tertiary/aromatic N) is 2. The lowest BCUT2D eigenvalue weighted by Crippen LogP contribution is -2.16. The van der Waals surface area contributed by atoms with Gasteiger partial charge in [-0.3, -0.25) is 0 Å². The van der Waals surface area contributed by atoms with Crippen molar-refractivity contribution in [3.05, 3.63) is 69.8 Å². The predicted molar refractivity (Wildman–Crippen MR) is 109 cm³/mol. The maximum atomic E-state index is 11.8. The van der Waals surface area contributed by atoms with Crippen LogP contribution in [0.5, 0.6) is 11.6 Å². The summed E-state index contributed by atoms with van der Waals surface area (Å²) in [5.74, 6) is -0.345. The second-order valence-corrected chi connectivity index (χ2v) is 6.88. The van der Waals surface area contributed by atoms with Crippen LogP contribution in [0.3, 0.4) is 0 Å². The average Bonchev–Trinajstić information content (AvgIpc) is 3.03. The van der Waals surface area contributed by atoms with Crippen LogP contribution in [0.25, 0.3) is 5.69 Å². The fraction of sp³-hybridized carbons (Fsp3) is 0.200. The Labute approximate surface area is 172 Å². The Balaban J connectivity index is 2.14. The summed E-state index contributed by atoms with van der Waals surface area (Å²) in [5, 5.41) is 18.2. The molecule has 0 aliphatic rings. The van der Waals surface area contributed by atoms with Crippen molar-refractivity contribution in [2.45, 2.75) is 19.9 Å². The SMILES string of the molecule is CCCNCc1c(C(=O)O)nn(-c2ccccc2Cl)c1Oc1ccc(Cl)cc1. The summed E-state index contributed by atoms with van der Waals surface area (Å²) >= 11 is 12.3. The molecule has 8 heteroatoms. The van der Waals surface area contributed by atoms with Gasteiger partial charge in [-0.15, -0.1) is 0 Å². The lowest BCUT2D eigenvalue weighted by atomic mass is 10.2. The smallest absolute Gasteiger partial charge is 0.356 e. The van der Waals surface area contributed by atoms with Crippen LogP contribution >= 0.6 is 23.2 Å². The zero-order valence-electron chi connectivity index (χ0n) is 15.2. The second-order valence-electron chi connectivity index (χ2n) is 6.03. The zero-order chi connectivity index (χ0) is 20.1. The third-order valence-electron chi connectivity index (χ3n) is 3.98. The molecule has 28 heavy (non-hydrogen) atoms. The number of carboxylic acids is 1. The van der Waals surface area contributed by atoms with E-state index in [0.717, 1.165) is 13.0 Å². The second kappa shape index (κ2) is 9.10. The van der Waals surface area contributed by atoms with Gasteiger partial charge in [-0.1, -0.05) is 42.3 Å². The molecule has 0 fully saturated rings. The van der Waals surface area contributed by atoms with Crippen LogP contribution < -0.4 is 10.1 Å². The Bertz CT molecular complexity index is 971. The zero-order valence-corrected chi connectivity index (χ0v) is 16.7. The van der Waals surface area contributed by atoms with Crippen molar-refractivity contribution >= 4 is 29.2 Å². The molecule has 0 saturated heterocycles. The minimum absolute atomic E-state index is 0.0903. The van der Waals surface area contributed by atoms with Crippen molar-refractivity contribution in [1.29, 1.82) is 0 Å². The van der Waals surface area contributed by atoms with Gasteiger partial charge in [0.05, 0.1) is 16.3 Å². The number of hydrogen-bond donors (Lipinski definition) is 2. The number of halogens is 2. The normalized spacial score (nSPS) is 10.8. The number of aromatic nitrogens is 2. The standard InChI is InChI=1S/C20H19Cl2N3O3/c1-2-11-23-12-15-18(20(26)27)24-25(17-6-4-3-5-16(17)22)19(15)28-14-9-7-13(21)8-10-14/h3-10,23H,2,11-12H2,1H3,(H,26,27). The first-order valence-electron chi connectivity index (χ1n) is 8.75. The number of carboxylic acid groups (broad SMARTS) is 1. The van der Waals surface area contributed by atoms with Crippen LogP contribution in [0.1, 0.15) is 29.4 Å². The molecule has 3 aromatic rings. The van der Waals surface area contributed by atoms with Gasteiger partial charge in [-0.05, 0) is 49.4 Å². The summed E-state index contributed by atoms with van der Waals surface area (Å²) < 4.78 is 7.47. The monoisotopic (exact) mass is 419 g/mol.